The number of benzene rings is 1. The van der Waals surface area contributed by atoms with Gasteiger partial charge in [0.2, 0.25) is 0 Å². The Hall–Kier alpha value is -1.14. The van der Waals surface area contributed by atoms with Crippen LogP contribution in [-0.2, 0) is 9.84 Å². The minimum atomic E-state index is -3.14. The van der Waals surface area contributed by atoms with Gasteiger partial charge >= 0.3 is 0 Å². The first-order chi connectivity index (χ1) is 9.06. The molecule has 0 spiro atoms. The highest BCUT2D eigenvalue weighted by molar-refractivity contribution is 7.92. The third-order valence-corrected chi connectivity index (χ3v) is 6.02. The molecule has 0 amide bonds. The zero-order valence-corrected chi connectivity index (χ0v) is 14.0. The van der Waals surface area contributed by atoms with Gasteiger partial charge in [-0.25, -0.2) is 8.42 Å². The van der Waals surface area contributed by atoms with Crippen molar-refractivity contribution >= 4 is 32.7 Å². The van der Waals surface area contributed by atoms with Crippen molar-refractivity contribution in [2.45, 2.75) is 25.5 Å². The molecule has 0 fully saturated rings. The third-order valence-electron chi connectivity index (χ3n) is 3.21. The predicted molar refractivity (Wildman–Crippen MR) is 89.1 cm³/mol. The average Bonchev–Trinajstić information content (AvgIpc) is 2.34. The number of nitrogens with two attached hydrogens (primary N) is 1. The molecule has 0 aliphatic rings. The fraction of sp³-hybridized carbons (Fsp3) is 0.500. The molecule has 20 heavy (non-hydrogen) atoms. The number of thiocarbonyl (C=S) groups is 1. The van der Waals surface area contributed by atoms with Gasteiger partial charge in [-0.1, -0.05) is 24.4 Å². The summed E-state index contributed by atoms with van der Waals surface area (Å²) in [5, 5.41) is 0. The molecular formula is C14H22N2O2S2. The van der Waals surface area contributed by atoms with Crippen LogP contribution in [0.3, 0.4) is 0 Å². The van der Waals surface area contributed by atoms with Gasteiger partial charge in [-0.3, -0.25) is 0 Å². The SMILES string of the molecule is CN(CCS(=O)(=O)C(C)(C)C)c1ccccc1C(N)=S. The highest BCUT2D eigenvalue weighted by Crippen LogP contribution is 2.21. The van der Waals surface area contributed by atoms with Crippen LogP contribution in [0.1, 0.15) is 26.3 Å². The number of nitrogens with zero attached hydrogens (tertiary/aromatic N) is 1. The van der Waals surface area contributed by atoms with Crippen LogP contribution < -0.4 is 10.6 Å². The summed E-state index contributed by atoms with van der Waals surface area (Å²) in [5.74, 6) is 0.0959. The summed E-state index contributed by atoms with van der Waals surface area (Å²) in [5.41, 5.74) is 7.30. The molecule has 4 nitrogen and oxygen atoms in total. The highest BCUT2D eigenvalue weighted by atomic mass is 32.2. The van der Waals surface area contributed by atoms with Crippen molar-refractivity contribution in [3.8, 4) is 0 Å². The molecule has 0 aliphatic heterocycles. The van der Waals surface area contributed by atoms with E-state index in [9.17, 15) is 8.42 Å². The molecule has 0 heterocycles. The Balaban J connectivity index is 2.89. The summed E-state index contributed by atoms with van der Waals surface area (Å²) in [6.07, 6.45) is 0. The second kappa shape index (κ2) is 6.10. The molecule has 1 rings (SSSR count). The van der Waals surface area contributed by atoms with E-state index >= 15 is 0 Å². The van der Waals surface area contributed by atoms with E-state index in [0.29, 0.717) is 11.5 Å². The standard InChI is InChI=1S/C14H22N2O2S2/c1-14(2,3)20(17,18)10-9-16(4)12-8-6-5-7-11(12)13(15)19/h5-8H,9-10H2,1-4H3,(H2,15,19). The summed E-state index contributed by atoms with van der Waals surface area (Å²) in [7, 11) is -1.30. The van der Waals surface area contributed by atoms with Gasteiger partial charge < -0.3 is 10.6 Å². The molecule has 0 aliphatic carbocycles. The average molecular weight is 314 g/mol. The molecule has 112 valence electrons. The Kier molecular flexibility index (Phi) is 5.15. The van der Waals surface area contributed by atoms with Crippen molar-refractivity contribution in [3.05, 3.63) is 29.8 Å². The summed E-state index contributed by atoms with van der Waals surface area (Å²) >= 11 is 5.02. The van der Waals surface area contributed by atoms with Crippen molar-refractivity contribution in [1.82, 2.24) is 0 Å². The lowest BCUT2D eigenvalue weighted by atomic mass is 10.1. The van der Waals surface area contributed by atoms with Crippen LogP contribution in [0.2, 0.25) is 0 Å². The fourth-order valence-electron chi connectivity index (χ4n) is 1.70. The normalized spacial score (nSPS) is 12.2. The van der Waals surface area contributed by atoms with Gasteiger partial charge in [0, 0.05) is 24.8 Å². The van der Waals surface area contributed by atoms with Crippen molar-refractivity contribution in [1.29, 1.82) is 0 Å². The Morgan fingerprint density at radius 3 is 2.35 bits per heavy atom. The van der Waals surface area contributed by atoms with Crippen molar-refractivity contribution in [2.75, 3.05) is 24.2 Å². The van der Waals surface area contributed by atoms with E-state index in [0.717, 1.165) is 11.3 Å². The lowest BCUT2D eigenvalue weighted by Crippen LogP contribution is -2.35. The van der Waals surface area contributed by atoms with Crippen LogP contribution in [-0.4, -0.2) is 37.5 Å². The maximum absolute atomic E-state index is 12.1. The van der Waals surface area contributed by atoms with Crippen LogP contribution in [0.5, 0.6) is 0 Å². The second-order valence-electron chi connectivity index (χ2n) is 5.73. The molecule has 0 unspecified atom stereocenters. The molecule has 0 bridgehead atoms. The van der Waals surface area contributed by atoms with Gasteiger partial charge in [0.1, 0.15) is 4.99 Å². The first-order valence-electron chi connectivity index (χ1n) is 6.38. The number of sulfone groups is 1. The smallest absolute Gasteiger partial charge is 0.156 e. The van der Waals surface area contributed by atoms with Crippen molar-refractivity contribution < 1.29 is 8.42 Å². The molecule has 6 heteroatoms. The van der Waals surface area contributed by atoms with E-state index < -0.39 is 14.6 Å². The fourth-order valence-corrected chi connectivity index (χ4v) is 3.00. The van der Waals surface area contributed by atoms with Crippen LogP contribution in [0, 0.1) is 0 Å². The molecule has 0 saturated carbocycles. The Bertz CT molecular complexity index is 589. The van der Waals surface area contributed by atoms with E-state index in [2.05, 4.69) is 0 Å². The number of rotatable bonds is 5. The minimum Gasteiger partial charge on any atom is -0.389 e. The van der Waals surface area contributed by atoms with Gasteiger partial charge in [0.25, 0.3) is 0 Å². The van der Waals surface area contributed by atoms with E-state index in [1.54, 1.807) is 20.8 Å². The second-order valence-corrected chi connectivity index (χ2v) is 9.04. The number of hydrogen-bond acceptors (Lipinski definition) is 4. The van der Waals surface area contributed by atoms with Crippen LogP contribution in [0.15, 0.2) is 24.3 Å². The first-order valence-corrected chi connectivity index (χ1v) is 8.44. The zero-order valence-electron chi connectivity index (χ0n) is 12.4. The Morgan fingerprint density at radius 1 is 1.30 bits per heavy atom. The number of para-hydroxylation sites is 1. The van der Waals surface area contributed by atoms with E-state index in [1.807, 2.05) is 36.2 Å². The molecule has 2 N–H and O–H groups in total. The topological polar surface area (TPSA) is 63.4 Å². The van der Waals surface area contributed by atoms with Crippen molar-refractivity contribution in [3.63, 3.8) is 0 Å². The highest BCUT2D eigenvalue weighted by Gasteiger charge is 2.28. The van der Waals surface area contributed by atoms with Gasteiger partial charge in [-0.2, -0.15) is 0 Å². The summed E-state index contributed by atoms with van der Waals surface area (Å²) in [6, 6.07) is 7.47. The predicted octanol–water partition coefficient (Wildman–Crippen LogP) is 1.97. The van der Waals surface area contributed by atoms with Crippen LogP contribution in [0.25, 0.3) is 0 Å². The molecule has 0 saturated heterocycles. The molecular weight excluding hydrogens is 292 g/mol. The van der Waals surface area contributed by atoms with Gasteiger partial charge in [-0.15, -0.1) is 0 Å². The molecule has 0 radical (unpaired) electrons. The molecule has 1 aromatic carbocycles. The summed E-state index contributed by atoms with van der Waals surface area (Å²) in [6.45, 7) is 5.54. The van der Waals surface area contributed by atoms with E-state index in [4.69, 9.17) is 18.0 Å². The number of anilines is 1. The number of hydrogen-bond donors (Lipinski definition) is 1. The Morgan fingerprint density at radius 2 is 1.85 bits per heavy atom. The molecule has 1 aromatic rings. The summed E-state index contributed by atoms with van der Waals surface area (Å²) < 4.78 is 23.5. The van der Waals surface area contributed by atoms with Gasteiger partial charge in [0.15, 0.2) is 9.84 Å². The lowest BCUT2D eigenvalue weighted by molar-refractivity contribution is 0.559. The quantitative estimate of drug-likeness (QED) is 0.842. The maximum Gasteiger partial charge on any atom is 0.156 e. The monoisotopic (exact) mass is 314 g/mol. The zero-order chi connectivity index (χ0) is 15.6. The Labute approximate surface area is 126 Å². The summed E-state index contributed by atoms with van der Waals surface area (Å²) in [4.78, 5) is 2.18. The van der Waals surface area contributed by atoms with Crippen LogP contribution >= 0.6 is 12.2 Å². The van der Waals surface area contributed by atoms with Gasteiger partial charge in [0.05, 0.1) is 10.5 Å². The van der Waals surface area contributed by atoms with Crippen molar-refractivity contribution in [2.24, 2.45) is 5.73 Å². The first kappa shape index (κ1) is 16.9. The minimum absolute atomic E-state index is 0.0959. The largest absolute Gasteiger partial charge is 0.389 e. The lowest BCUT2D eigenvalue weighted by Gasteiger charge is -2.25. The van der Waals surface area contributed by atoms with Gasteiger partial charge in [-0.05, 0) is 32.9 Å². The van der Waals surface area contributed by atoms with E-state index in [1.165, 1.54) is 0 Å². The molecule has 0 aromatic heterocycles. The van der Waals surface area contributed by atoms with Crippen LogP contribution in [0.4, 0.5) is 5.69 Å². The molecule has 0 atom stereocenters. The third kappa shape index (κ3) is 3.93. The van der Waals surface area contributed by atoms with E-state index in [-0.39, 0.29) is 5.75 Å². The maximum atomic E-state index is 12.1.